The third-order valence-corrected chi connectivity index (χ3v) is 2.72. The van der Waals surface area contributed by atoms with Crippen LogP contribution in [0.3, 0.4) is 0 Å². The van der Waals surface area contributed by atoms with Gasteiger partial charge in [0, 0.05) is 13.0 Å². The molecule has 0 aromatic rings. The van der Waals surface area contributed by atoms with Gasteiger partial charge in [-0.3, -0.25) is 14.4 Å². The van der Waals surface area contributed by atoms with Gasteiger partial charge in [0.15, 0.2) is 0 Å². The molecule has 0 aromatic carbocycles. The van der Waals surface area contributed by atoms with Crippen molar-refractivity contribution in [3.63, 3.8) is 0 Å². The molecule has 0 aliphatic heterocycles. The molecule has 0 aliphatic carbocycles. The minimum Gasteiger partial charge on any atom is -0.469 e. The lowest BCUT2D eigenvalue weighted by Gasteiger charge is -2.22. The van der Waals surface area contributed by atoms with Gasteiger partial charge < -0.3 is 15.4 Å². The molecule has 6 nitrogen and oxygen atoms in total. The van der Waals surface area contributed by atoms with Crippen LogP contribution in [0.15, 0.2) is 0 Å². The Balaban J connectivity index is 4.33. The van der Waals surface area contributed by atoms with Gasteiger partial charge in [-0.1, -0.05) is 27.7 Å². The maximum Gasteiger partial charge on any atom is 0.307 e. The van der Waals surface area contributed by atoms with Gasteiger partial charge in [-0.15, -0.1) is 0 Å². The molecule has 0 saturated carbocycles. The van der Waals surface area contributed by atoms with Crippen LogP contribution >= 0.6 is 0 Å². The molecule has 1 unspecified atom stereocenters. The third kappa shape index (κ3) is 7.76. The first kappa shape index (κ1) is 18.4. The fraction of sp³-hybridized carbons (Fsp3) is 0.786. The van der Waals surface area contributed by atoms with E-state index < -0.39 is 6.04 Å². The largest absolute Gasteiger partial charge is 0.469 e. The second-order valence-electron chi connectivity index (χ2n) is 5.50. The van der Waals surface area contributed by atoms with E-state index in [2.05, 4.69) is 15.4 Å². The van der Waals surface area contributed by atoms with Gasteiger partial charge >= 0.3 is 5.97 Å². The van der Waals surface area contributed by atoms with E-state index in [1.54, 1.807) is 0 Å². The maximum absolute atomic E-state index is 12.0. The van der Waals surface area contributed by atoms with E-state index in [0.717, 1.165) is 0 Å². The summed E-state index contributed by atoms with van der Waals surface area (Å²) >= 11 is 0. The molecule has 0 bridgehead atoms. The monoisotopic (exact) mass is 286 g/mol. The summed E-state index contributed by atoms with van der Waals surface area (Å²) < 4.78 is 4.49. The summed E-state index contributed by atoms with van der Waals surface area (Å²) in [4.78, 5) is 34.7. The van der Waals surface area contributed by atoms with Crippen LogP contribution in [0.2, 0.25) is 0 Å². The zero-order valence-corrected chi connectivity index (χ0v) is 13.0. The minimum absolute atomic E-state index is 0.0239. The molecular formula is C14H26N2O4. The summed E-state index contributed by atoms with van der Waals surface area (Å²) in [5.74, 6) is -0.576. The molecule has 2 N–H and O–H groups in total. The first-order valence-electron chi connectivity index (χ1n) is 6.91. The van der Waals surface area contributed by atoms with Crippen LogP contribution in [-0.4, -0.2) is 37.5 Å². The highest BCUT2D eigenvalue weighted by Gasteiger charge is 2.24. The van der Waals surface area contributed by atoms with Crippen LogP contribution < -0.4 is 10.6 Å². The van der Waals surface area contributed by atoms with E-state index in [1.165, 1.54) is 7.11 Å². The van der Waals surface area contributed by atoms with Crippen LogP contribution in [0.5, 0.6) is 0 Å². The molecule has 0 spiro atoms. The summed E-state index contributed by atoms with van der Waals surface area (Å²) in [5.41, 5.74) is 0. The number of carbonyl (C=O) groups excluding carboxylic acids is 3. The smallest absolute Gasteiger partial charge is 0.307 e. The van der Waals surface area contributed by atoms with Crippen molar-refractivity contribution >= 4 is 17.8 Å². The normalized spacial score (nSPS) is 12.2. The lowest BCUT2D eigenvalue weighted by molar-refractivity contribution is -0.140. The predicted molar refractivity (Wildman–Crippen MR) is 75.9 cm³/mol. The van der Waals surface area contributed by atoms with Gasteiger partial charge in [0.25, 0.3) is 0 Å². The van der Waals surface area contributed by atoms with Crippen molar-refractivity contribution < 1.29 is 19.1 Å². The Bertz CT molecular complexity index is 340. The molecule has 116 valence electrons. The molecule has 0 fully saturated rings. The Morgan fingerprint density at radius 1 is 1.10 bits per heavy atom. The zero-order valence-electron chi connectivity index (χ0n) is 13.0. The molecule has 20 heavy (non-hydrogen) atoms. The molecule has 0 radical (unpaired) electrons. The van der Waals surface area contributed by atoms with Crippen molar-refractivity contribution in [1.29, 1.82) is 0 Å². The summed E-state index contributed by atoms with van der Waals surface area (Å²) in [5, 5.41) is 5.37. The number of hydrogen-bond donors (Lipinski definition) is 2. The zero-order chi connectivity index (χ0) is 15.7. The van der Waals surface area contributed by atoms with E-state index in [9.17, 15) is 14.4 Å². The number of rotatable bonds is 8. The number of methoxy groups -OCH3 is 1. The van der Waals surface area contributed by atoms with Crippen LogP contribution in [0, 0.1) is 11.8 Å². The average molecular weight is 286 g/mol. The van der Waals surface area contributed by atoms with E-state index in [0.29, 0.717) is 6.42 Å². The van der Waals surface area contributed by atoms with Gasteiger partial charge in [0.2, 0.25) is 11.8 Å². The first-order chi connectivity index (χ1) is 9.27. The Kier molecular flexibility index (Phi) is 8.59. The van der Waals surface area contributed by atoms with Crippen LogP contribution in [0.1, 0.15) is 40.5 Å². The van der Waals surface area contributed by atoms with E-state index in [4.69, 9.17) is 0 Å². The quantitative estimate of drug-likeness (QED) is 0.648. The lowest BCUT2D eigenvalue weighted by Crippen LogP contribution is -2.50. The summed E-state index contributed by atoms with van der Waals surface area (Å²) in [6.45, 7) is 7.82. The molecule has 0 aromatic heterocycles. The van der Waals surface area contributed by atoms with E-state index >= 15 is 0 Å². The summed E-state index contributed by atoms with van der Waals surface area (Å²) in [6, 6.07) is -0.584. The lowest BCUT2D eigenvalue weighted by atomic mass is 10.0. The molecule has 0 saturated heterocycles. The van der Waals surface area contributed by atoms with Crippen molar-refractivity contribution in [2.75, 3.05) is 13.7 Å². The van der Waals surface area contributed by atoms with Crippen LogP contribution in [0.4, 0.5) is 0 Å². The van der Waals surface area contributed by atoms with Crippen molar-refractivity contribution in [3.8, 4) is 0 Å². The highest BCUT2D eigenvalue weighted by atomic mass is 16.5. The topological polar surface area (TPSA) is 84.5 Å². The van der Waals surface area contributed by atoms with Crippen LogP contribution in [0.25, 0.3) is 0 Å². The standard InChI is InChI=1S/C14H26N2O4/c1-9(2)8-11(17)16-13(10(3)4)14(19)15-7-6-12(18)20-5/h9-10,13H,6-8H2,1-5H3,(H,15,19)(H,16,17). The van der Waals surface area contributed by atoms with Gasteiger partial charge in [-0.25, -0.2) is 0 Å². The Morgan fingerprint density at radius 2 is 1.70 bits per heavy atom. The first-order valence-corrected chi connectivity index (χ1v) is 6.91. The molecule has 0 aliphatic rings. The second-order valence-corrected chi connectivity index (χ2v) is 5.50. The maximum atomic E-state index is 12.0. The Labute approximate surface area is 120 Å². The van der Waals surface area contributed by atoms with Gasteiger partial charge in [-0.05, 0) is 11.8 Å². The minimum atomic E-state index is -0.584. The molecule has 0 rings (SSSR count). The van der Waals surface area contributed by atoms with Gasteiger partial charge in [-0.2, -0.15) is 0 Å². The van der Waals surface area contributed by atoms with E-state index in [1.807, 2.05) is 27.7 Å². The highest BCUT2D eigenvalue weighted by Crippen LogP contribution is 2.05. The fourth-order valence-electron chi connectivity index (χ4n) is 1.64. The fourth-order valence-corrected chi connectivity index (χ4v) is 1.64. The molecule has 1 atom stereocenters. The summed E-state index contributed by atoms with van der Waals surface area (Å²) in [7, 11) is 1.30. The molecule has 2 amide bonds. The van der Waals surface area contributed by atoms with Gasteiger partial charge in [0.1, 0.15) is 6.04 Å². The number of nitrogens with one attached hydrogen (secondary N) is 2. The van der Waals surface area contributed by atoms with Crippen molar-refractivity contribution in [2.45, 2.75) is 46.6 Å². The number of carbonyl (C=O) groups is 3. The summed E-state index contributed by atoms with van der Waals surface area (Å²) in [6.07, 6.45) is 0.506. The highest BCUT2D eigenvalue weighted by molar-refractivity contribution is 5.88. The average Bonchev–Trinajstić information content (AvgIpc) is 2.34. The van der Waals surface area contributed by atoms with Crippen molar-refractivity contribution in [2.24, 2.45) is 11.8 Å². The Morgan fingerprint density at radius 3 is 2.15 bits per heavy atom. The Hall–Kier alpha value is -1.59. The van der Waals surface area contributed by atoms with Crippen molar-refractivity contribution in [1.82, 2.24) is 10.6 Å². The number of ether oxygens (including phenoxy) is 1. The predicted octanol–water partition coefficient (Wildman–Crippen LogP) is 0.853. The molecule has 0 heterocycles. The number of hydrogen-bond acceptors (Lipinski definition) is 4. The van der Waals surface area contributed by atoms with Crippen LogP contribution in [-0.2, 0) is 19.1 Å². The number of amides is 2. The third-order valence-electron chi connectivity index (χ3n) is 2.72. The number of esters is 1. The van der Waals surface area contributed by atoms with E-state index in [-0.39, 0.29) is 42.6 Å². The SMILES string of the molecule is COC(=O)CCNC(=O)C(NC(=O)CC(C)C)C(C)C. The molecular weight excluding hydrogens is 260 g/mol. The molecule has 6 heteroatoms. The van der Waals surface area contributed by atoms with Crippen molar-refractivity contribution in [3.05, 3.63) is 0 Å². The second kappa shape index (κ2) is 9.34. The van der Waals surface area contributed by atoms with Gasteiger partial charge in [0.05, 0.1) is 13.5 Å².